The van der Waals surface area contributed by atoms with E-state index in [4.69, 9.17) is 5.11 Å². The maximum Gasteiger partial charge on any atom is 0.178 e. The summed E-state index contributed by atoms with van der Waals surface area (Å²) in [6.07, 6.45) is 0. The molecule has 0 atom stereocenters. The van der Waals surface area contributed by atoms with Crippen molar-refractivity contribution in [1.82, 2.24) is 0 Å². The van der Waals surface area contributed by atoms with Crippen LogP contribution in [0.2, 0.25) is 0 Å². The minimum atomic E-state index is -0.102. The summed E-state index contributed by atoms with van der Waals surface area (Å²) in [5.74, 6) is 0.108. The van der Waals surface area contributed by atoms with Gasteiger partial charge in [-0.05, 0) is 24.3 Å². The fourth-order valence-electron chi connectivity index (χ4n) is 0.520. The molecule has 2 nitrogen and oxygen atoms in total. The molecule has 1 N–H and O–H groups in total. The largest absolute Gasteiger partial charge is 0.508 e. The van der Waals surface area contributed by atoms with Gasteiger partial charge in [0.05, 0.1) is 0 Å². The summed E-state index contributed by atoms with van der Waals surface area (Å²) >= 11 is 0. The van der Waals surface area contributed by atoms with Crippen LogP contribution in [-0.2, 0) is 0 Å². The van der Waals surface area contributed by atoms with Gasteiger partial charge in [-0.2, -0.15) is 0 Å². The molecule has 0 spiro atoms. The van der Waals surface area contributed by atoms with Gasteiger partial charge < -0.3 is 5.11 Å². The highest BCUT2D eigenvalue weighted by atomic mass is 16.3. The van der Waals surface area contributed by atoms with E-state index < -0.39 is 0 Å². The molecule has 0 radical (unpaired) electrons. The summed E-state index contributed by atoms with van der Waals surface area (Å²) in [7, 11) is 0. The molecule has 0 aromatic heterocycles. The molecule has 0 heterocycles. The van der Waals surface area contributed by atoms with Gasteiger partial charge in [0.15, 0.2) is 5.43 Å². The summed E-state index contributed by atoms with van der Waals surface area (Å²) in [4.78, 5) is 10.5. The van der Waals surface area contributed by atoms with Crippen LogP contribution in [0, 0.1) is 0 Å². The molecule has 0 bridgehead atoms. The van der Waals surface area contributed by atoms with Crippen LogP contribution >= 0.6 is 0 Å². The Morgan fingerprint density at radius 1 is 1.11 bits per heavy atom. The predicted molar refractivity (Wildman–Crippen MR) is 34.4 cm³/mol. The van der Waals surface area contributed by atoms with Crippen LogP contribution in [0.1, 0.15) is 0 Å². The fourth-order valence-corrected chi connectivity index (χ4v) is 0.520. The van der Waals surface area contributed by atoms with Crippen LogP contribution in [0.25, 0.3) is 0 Å². The molecule has 0 fully saturated rings. The van der Waals surface area contributed by atoms with Crippen LogP contribution < -0.4 is 5.43 Å². The zero-order chi connectivity index (χ0) is 6.69. The highest BCUT2D eigenvalue weighted by Crippen LogP contribution is 1.99. The molecule has 0 aliphatic heterocycles. The first-order valence-corrected chi connectivity index (χ1v) is 2.58. The Labute approximate surface area is 52.4 Å². The van der Waals surface area contributed by atoms with E-state index in [1.807, 2.05) is 0 Å². The molecular weight excluding hydrogens is 116 g/mol. The smallest absolute Gasteiger partial charge is 0.178 e. The third kappa shape index (κ3) is 1.57. The van der Waals surface area contributed by atoms with Crippen LogP contribution in [0.4, 0.5) is 0 Å². The van der Waals surface area contributed by atoms with Crippen molar-refractivity contribution >= 4 is 0 Å². The lowest BCUT2D eigenvalue weighted by atomic mass is 10.5. The molecule has 1 rings (SSSR count). The van der Waals surface area contributed by atoms with Crippen molar-refractivity contribution in [2.75, 3.05) is 0 Å². The van der Waals surface area contributed by atoms with Gasteiger partial charge in [0.1, 0.15) is 5.75 Å². The molecule has 0 saturated heterocycles. The van der Waals surface area contributed by atoms with E-state index in [-0.39, 0.29) is 11.2 Å². The molecule has 0 saturated carbocycles. The maximum atomic E-state index is 10.5. The summed E-state index contributed by atoms with van der Waals surface area (Å²) in [5, 5.41) is 8.78. The van der Waals surface area contributed by atoms with E-state index in [1.165, 1.54) is 30.3 Å². The Morgan fingerprint density at radius 3 is 2.67 bits per heavy atom. The Kier molecular flexibility index (Phi) is 1.49. The standard InChI is InChI=1S/C7H6O2/c8-6-2-1-3-7(9)5-4-6/h1-5,8H. The highest BCUT2D eigenvalue weighted by molar-refractivity contribution is 5.17. The second-order valence-electron chi connectivity index (χ2n) is 1.69. The van der Waals surface area contributed by atoms with Crippen LogP contribution in [0.5, 0.6) is 5.75 Å². The van der Waals surface area contributed by atoms with E-state index in [0.717, 1.165) is 0 Å². The van der Waals surface area contributed by atoms with E-state index in [2.05, 4.69) is 0 Å². The molecule has 2 heteroatoms. The Bertz CT molecular complexity index is 255. The van der Waals surface area contributed by atoms with Gasteiger partial charge in [-0.1, -0.05) is 6.07 Å². The van der Waals surface area contributed by atoms with Gasteiger partial charge in [-0.3, -0.25) is 4.79 Å². The summed E-state index contributed by atoms with van der Waals surface area (Å²) < 4.78 is 0. The van der Waals surface area contributed by atoms with E-state index >= 15 is 0 Å². The number of hydrogen-bond donors (Lipinski definition) is 1. The lowest BCUT2D eigenvalue weighted by molar-refractivity contribution is 0.476. The predicted octanol–water partition coefficient (Wildman–Crippen LogP) is 0.752. The van der Waals surface area contributed by atoms with Crippen LogP contribution in [0.3, 0.4) is 0 Å². The van der Waals surface area contributed by atoms with Gasteiger partial charge >= 0.3 is 0 Å². The van der Waals surface area contributed by atoms with Crippen molar-refractivity contribution in [3.8, 4) is 5.75 Å². The Balaban J connectivity index is 3.33. The average Bonchev–Trinajstić information content (AvgIpc) is 1.97. The van der Waals surface area contributed by atoms with Crippen molar-refractivity contribution in [2.45, 2.75) is 0 Å². The lowest BCUT2D eigenvalue weighted by Gasteiger charge is -1.74. The first kappa shape index (κ1) is 5.82. The topological polar surface area (TPSA) is 37.3 Å². The molecule has 0 unspecified atom stereocenters. The average molecular weight is 122 g/mol. The molecule has 0 amide bonds. The zero-order valence-electron chi connectivity index (χ0n) is 4.74. The molecule has 9 heavy (non-hydrogen) atoms. The summed E-state index contributed by atoms with van der Waals surface area (Å²) in [6, 6.07) is 7.04. The lowest BCUT2D eigenvalue weighted by Crippen LogP contribution is -1.87. The molecule has 0 aliphatic rings. The van der Waals surface area contributed by atoms with Crippen molar-refractivity contribution in [2.24, 2.45) is 0 Å². The van der Waals surface area contributed by atoms with Gasteiger partial charge in [0, 0.05) is 0 Å². The Morgan fingerprint density at radius 2 is 1.89 bits per heavy atom. The normalized spacial score (nSPS) is 8.89. The van der Waals surface area contributed by atoms with Gasteiger partial charge in [0.25, 0.3) is 0 Å². The van der Waals surface area contributed by atoms with Crippen molar-refractivity contribution in [1.29, 1.82) is 0 Å². The number of aromatic hydroxyl groups is 1. The zero-order valence-corrected chi connectivity index (χ0v) is 4.74. The third-order valence-corrected chi connectivity index (χ3v) is 0.946. The molecular formula is C7H6O2. The second-order valence-corrected chi connectivity index (χ2v) is 1.69. The quantitative estimate of drug-likeness (QED) is 0.551. The number of hydrogen-bond acceptors (Lipinski definition) is 2. The summed E-state index contributed by atoms with van der Waals surface area (Å²) in [6.45, 7) is 0. The fraction of sp³-hybridized carbons (Fsp3) is 0. The number of rotatable bonds is 0. The van der Waals surface area contributed by atoms with Crippen LogP contribution in [0.15, 0.2) is 35.1 Å². The van der Waals surface area contributed by atoms with E-state index in [9.17, 15) is 4.79 Å². The van der Waals surface area contributed by atoms with Crippen LogP contribution in [-0.4, -0.2) is 5.11 Å². The second kappa shape index (κ2) is 2.31. The van der Waals surface area contributed by atoms with E-state index in [1.54, 1.807) is 0 Å². The SMILES string of the molecule is O=c1cccc(O)cc1. The van der Waals surface area contributed by atoms with Gasteiger partial charge in [-0.25, -0.2) is 0 Å². The van der Waals surface area contributed by atoms with Crippen molar-refractivity contribution < 1.29 is 5.11 Å². The van der Waals surface area contributed by atoms with E-state index in [0.29, 0.717) is 0 Å². The minimum Gasteiger partial charge on any atom is -0.508 e. The Hall–Kier alpha value is -1.31. The van der Waals surface area contributed by atoms with Gasteiger partial charge in [0.2, 0.25) is 0 Å². The third-order valence-electron chi connectivity index (χ3n) is 0.946. The minimum absolute atomic E-state index is 0.102. The monoisotopic (exact) mass is 122 g/mol. The first-order chi connectivity index (χ1) is 4.29. The highest BCUT2D eigenvalue weighted by Gasteiger charge is 1.79. The van der Waals surface area contributed by atoms with Crippen molar-refractivity contribution in [3.05, 3.63) is 40.6 Å². The van der Waals surface area contributed by atoms with Crippen molar-refractivity contribution in [3.63, 3.8) is 0 Å². The maximum absolute atomic E-state index is 10.5. The first-order valence-electron chi connectivity index (χ1n) is 2.58. The molecule has 1 aromatic rings. The summed E-state index contributed by atoms with van der Waals surface area (Å²) in [5.41, 5.74) is -0.102. The molecule has 0 aliphatic carbocycles. The molecule has 46 valence electrons. The van der Waals surface area contributed by atoms with Gasteiger partial charge in [-0.15, -0.1) is 0 Å². The molecule has 1 aromatic carbocycles.